The lowest BCUT2D eigenvalue weighted by atomic mass is 10.0. The Kier molecular flexibility index (Phi) is 6.64. The third-order valence-electron chi connectivity index (χ3n) is 5.94. The number of piperidine rings is 1. The van der Waals surface area contributed by atoms with Gasteiger partial charge in [0, 0.05) is 51.9 Å². The molecule has 1 amide bonds. The third kappa shape index (κ3) is 4.98. The van der Waals surface area contributed by atoms with Gasteiger partial charge in [0.25, 0.3) is 11.5 Å². The summed E-state index contributed by atoms with van der Waals surface area (Å²) in [6, 6.07) is 1.28. The molecule has 1 atom stereocenters. The number of nitrogens with one attached hydrogen (secondary N) is 1. The van der Waals surface area contributed by atoms with Crippen molar-refractivity contribution < 1.29 is 4.79 Å². The Hall–Kier alpha value is -2.04. The zero-order valence-corrected chi connectivity index (χ0v) is 18.7. The average molecular weight is 434 g/mol. The van der Waals surface area contributed by atoms with Gasteiger partial charge in [-0.15, -0.1) is 5.10 Å². The summed E-state index contributed by atoms with van der Waals surface area (Å²) >= 11 is 1.37. The minimum absolute atomic E-state index is 0.261. The van der Waals surface area contributed by atoms with Crippen molar-refractivity contribution >= 4 is 27.3 Å². The fraction of sp³-hybridized carbons (Fsp3) is 0.700. The Labute approximate surface area is 180 Å². The number of likely N-dealkylation sites (N-methyl/N-ethyl adjacent to an activating group) is 1. The largest absolute Gasteiger partial charge is 0.351 e. The standard InChI is InChI=1S/C20H31N7O2S/c1-15-5-3-8-26(14-15)20-23-27-16(13-17(28)22-19(27)30-20)18(29)21-6-4-7-25-11-9-24(2)10-12-25/h13,15H,3-12,14H2,1-2H3,(H,21,29). The molecule has 164 valence electrons. The van der Waals surface area contributed by atoms with E-state index >= 15 is 0 Å². The number of carbonyl (C=O) groups excluding carboxylic acids is 1. The molecule has 0 bridgehead atoms. The molecule has 0 radical (unpaired) electrons. The molecule has 4 rings (SSSR count). The van der Waals surface area contributed by atoms with Gasteiger partial charge < -0.3 is 20.0 Å². The first-order valence-corrected chi connectivity index (χ1v) is 11.7. The number of anilines is 1. The van der Waals surface area contributed by atoms with Gasteiger partial charge in [0.1, 0.15) is 5.69 Å². The minimum Gasteiger partial charge on any atom is -0.351 e. The smallest absolute Gasteiger partial charge is 0.274 e. The third-order valence-corrected chi connectivity index (χ3v) is 6.91. The molecule has 0 spiro atoms. The summed E-state index contributed by atoms with van der Waals surface area (Å²) in [5, 5.41) is 8.40. The molecule has 2 saturated heterocycles. The van der Waals surface area contributed by atoms with Crippen molar-refractivity contribution in [2.75, 3.05) is 64.3 Å². The molecule has 1 unspecified atom stereocenters. The van der Waals surface area contributed by atoms with Gasteiger partial charge in [0.2, 0.25) is 10.1 Å². The predicted molar refractivity (Wildman–Crippen MR) is 119 cm³/mol. The quantitative estimate of drug-likeness (QED) is 0.673. The van der Waals surface area contributed by atoms with Crippen LogP contribution in [0.25, 0.3) is 4.96 Å². The summed E-state index contributed by atoms with van der Waals surface area (Å²) in [7, 11) is 2.14. The maximum absolute atomic E-state index is 12.8. The Morgan fingerprint density at radius 2 is 2.07 bits per heavy atom. The van der Waals surface area contributed by atoms with Crippen LogP contribution in [0.4, 0.5) is 5.13 Å². The second kappa shape index (κ2) is 9.40. The van der Waals surface area contributed by atoms with E-state index in [1.807, 2.05) is 0 Å². The first-order valence-electron chi connectivity index (χ1n) is 10.8. The van der Waals surface area contributed by atoms with E-state index in [-0.39, 0.29) is 11.6 Å². The Bertz CT molecular complexity index is 935. The van der Waals surface area contributed by atoms with Crippen LogP contribution < -0.4 is 15.8 Å². The molecule has 2 aromatic heterocycles. The molecule has 30 heavy (non-hydrogen) atoms. The first kappa shape index (κ1) is 21.2. The van der Waals surface area contributed by atoms with Crippen molar-refractivity contribution in [1.82, 2.24) is 29.7 Å². The maximum atomic E-state index is 12.8. The van der Waals surface area contributed by atoms with Crippen molar-refractivity contribution in [3.63, 3.8) is 0 Å². The molecule has 4 heterocycles. The lowest BCUT2D eigenvalue weighted by Gasteiger charge is -2.32. The summed E-state index contributed by atoms with van der Waals surface area (Å²) in [4.78, 5) is 36.4. The van der Waals surface area contributed by atoms with Gasteiger partial charge in [0.15, 0.2) is 0 Å². The van der Waals surface area contributed by atoms with Gasteiger partial charge in [-0.2, -0.15) is 9.50 Å². The number of carbonyl (C=O) groups is 1. The summed E-state index contributed by atoms with van der Waals surface area (Å²) in [6.45, 7) is 9.99. The Balaban J connectivity index is 1.40. The maximum Gasteiger partial charge on any atom is 0.274 e. The van der Waals surface area contributed by atoms with Gasteiger partial charge in [-0.25, -0.2) is 0 Å². The van der Waals surface area contributed by atoms with Crippen molar-refractivity contribution in [3.8, 4) is 0 Å². The zero-order chi connectivity index (χ0) is 21.1. The molecule has 9 nitrogen and oxygen atoms in total. The second-order valence-corrected chi connectivity index (χ2v) is 9.44. The minimum atomic E-state index is -0.403. The van der Waals surface area contributed by atoms with Crippen LogP contribution in [0, 0.1) is 5.92 Å². The van der Waals surface area contributed by atoms with Gasteiger partial charge in [-0.05, 0) is 38.8 Å². The number of hydrogen-bond acceptors (Lipinski definition) is 8. The zero-order valence-electron chi connectivity index (χ0n) is 17.8. The summed E-state index contributed by atoms with van der Waals surface area (Å²) in [5.41, 5.74) is -0.142. The predicted octanol–water partition coefficient (Wildman–Crippen LogP) is 0.755. The molecule has 2 fully saturated rings. The normalized spacial score (nSPS) is 21.3. The van der Waals surface area contributed by atoms with Gasteiger partial charge in [-0.3, -0.25) is 9.59 Å². The van der Waals surface area contributed by atoms with Crippen molar-refractivity contribution in [3.05, 3.63) is 22.1 Å². The molecule has 10 heteroatoms. The van der Waals surface area contributed by atoms with Gasteiger partial charge in [0.05, 0.1) is 0 Å². The fourth-order valence-electron chi connectivity index (χ4n) is 4.12. The molecule has 2 aromatic rings. The number of amides is 1. The van der Waals surface area contributed by atoms with Crippen LogP contribution in [-0.2, 0) is 0 Å². The molecule has 0 saturated carbocycles. The van der Waals surface area contributed by atoms with E-state index in [1.54, 1.807) is 0 Å². The highest BCUT2D eigenvalue weighted by atomic mass is 32.1. The first-order chi connectivity index (χ1) is 14.5. The van der Waals surface area contributed by atoms with Crippen LogP contribution in [-0.4, -0.2) is 89.7 Å². The number of fused-ring (bicyclic) bond motifs is 1. The average Bonchev–Trinajstić information content (AvgIpc) is 3.15. The van der Waals surface area contributed by atoms with E-state index in [1.165, 1.54) is 28.3 Å². The molecule has 0 aromatic carbocycles. The summed E-state index contributed by atoms with van der Waals surface area (Å²) < 4.78 is 1.52. The summed E-state index contributed by atoms with van der Waals surface area (Å²) in [6.07, 6.45) is 3.23. The highest BCUT2D eigenvalue weighted by Gasteiger charge is 2.22. The molecule has 2 aliphatic rings. The lowest BCUT2D eigenvalue weighted by Crippen LogP contribution is -2.45. The lowest BCUT2D eigenvalue weighted by molar-refractivity contribution is 0.0941. The van der Waals surface area contributed by atoms with E-state index in [0.29, 0.717) is 17.4 Å². The van der Waals surface area contributed by atoms with E-state index in [2.05, 4.69) is 44.1 Å². The van der Waals surface area contributed by atoms with Crippen LogP contribution in [0.5, 0.6) is 0 Å². The number of nitrogens with zero attached hydrogens (tertiary/aromatic N) is 6. The number of aromatic nitrogens is 3. The van der Waals surface area contributed by atoms with Crippen molar-refractivity contribution in [1.29, 1.82) is 0 Å². The number of hydrogen-bond donors (Lipinski definition) is 1. The van der Waals surface area contributed by atoms with Crippen molar-refractivity contribution in [2.24, 2.45) is 5.92 Å². The van der Waals surface area contributed by atoms with Crippen LogP contribution in [0.15, 0.2) is 10.9 Å². The van der Waals surface area contributed by atoms with E-state index < -0.39 is 5.56 Å². The van der Waals surface area contributed by atoms with Crippen LogP contribution in [0.1, 0.15) is 36.7 Å². The van der Waals surface area contributed by atoms with E-state index in [0.717, 1.165) is 63.8 Å². The van der Waals surface area contributed by atoms with Crippen LogP contribution in [0.3, 0.4) is 0 Å². The topological polar surface area (TPSA) is 86.1 Å². The molecule has 1 N–H and O–H groups in total. The van der Waals surface area contributed by atoms with Crippen LogP contribution >= 0.6 is 11.3 Å². The van der Waals surface area contributed by atoms with E-state index in [4.69, 9.17) is 0 Å². The van der Waals surface area contributed by atoms with Gasteiger partial charge >= 0.3 is 0 Å². The summed E-state index contributed by atoms with van der Waals surface area (Å²) in [5.74, 6) is 0.341. The van der Waals surface area contributed by atoms with Gasteiger partial charge in [-0.1, -0.05) is 18.3 Å². The van der Waals surface area contributed by atoms with Crippen LogP contribution in [0.2, 0.25) is 0 Å². The SMILES string of the molecule is CC1CCCN(c2nn3c(C(=O)NCCCN4CCN(C)CC4)cc(=O)nc3s2)C1. The highest BCUT2D eigenvalue weighted by molar-refractivity contribution is 7.20. The Morgan fingerprint density at radius 3 is 2.83 bits per heavy atom. The number of rotatable bonds is 6. The number of piperazine rings is 1. The molecule has 2 aliphatic heterocycles. The van der Waals surface area contributed by atoms with Crippen molar-refractivity contribution in [2.45, 2.75) is 26.2 Å². The monoisotopic (exact) mass is 433 g/mol. The second-order valence-electron chi connectivity index (χ2n) is 8.51. The molecular weight excluding hydrogens is 402 g/mol. The fourth-order valence-corrected chi connectivity index (χ4v) is 5.07. The highest BCUT2D eigenvalue weighted by Crippen LogP contribution is 2.27. The molecule has 0 aliphatic carbocycles. The Morgan fingerprint density at radius 1 is 1.27 bits per heavy atom. The van der Waals surface area contributed by atoms with E-state index in [9.17, 15) is 9.59 Å². The molecular formula is C20H31N7O2S.